The Morgan fingerprint density at radius 2 is 2.00 bits per heavy atom. The van der Waals surface area contributed by atoms with E-state index in [1.807, 2.05) is 0 Å². The lowest BCUT2D eigenvalue weighted by atomic mass is 10.2. The average molecular weight is 299 g/mol. The van der Waals surface area contributed by atoms with Gasteiger partial charge in [-0.1, -0.05) is 40.8 Å². The number of nitrogens with zero attached hydrogens (tertiary/aromatic N) is 2. The molecule has 0 amide bonds. The topological polar surface area (TPSA) is 24.8 Å². The van der Waals surface area contributed by atoms with E-state index in [0.29, 0.717) is 11.1 Å². The Morgan fingerprint density at radius 1 is 1.35 bits per heavy atom. The van der Waals surface area contributed by atoms with E-state index in [1.54, 1.807) is 7.11 Å². The fourth-order valence-electron chi connectivity index (χ4n) is 2.50. The molecule has 0 saturated carbocycles. The van der Waals surface area contributed by atoms with Crippen LogP contribution in [0.25, 0.3) is 0 Å². The lowest BCUT2D eigenvalue weighted by molar-refractivity contribution is 0.117. The Morgan fingerprint density at radius 3 is 2.50 bits per heavy atom. The van der Waals surface area contributed by atoms with Crippen molar-refractivity contribution >= 4 is 13.8 Å². The second-order valence-corrected chi connectivity index (χ2v) is 13.4. The van der Waals surface area contributed by atoms with Gasteiger partial charge in [0.05, 0.1) is 20.7 Å². The molecule has 0 radical (unpaired) electrons. The fourth-order valence-corrected chi connectivity index (χ4v) is 4.37. The molecule has 118 valence electrons. The molecule has 20 heavy (non-hydrogen) atoms. The Labute approximate surface area is 126 Å². The van der Waals surface area contributed by atoms with Gasteiger partial charge in [-0.25, -0.2) is 0 Å². The summed E-state index contributed by atoms with van der Waals surface area (Å²) in [4.78, 5) is 0. The van der Waals surface area contributed by atoms with Crippen LogP contribution in [0.4, 0.5) is 0 Å². The van der Waals surface area contributed by atoms with Crippen LogP contribution in [0.3, 0.4) is 0 Å². The monoisotopic (exact) mass is 298 g/mol. The van der Waals surface area contributed by atoms with E-state index in [9.17, 15) is 0 Å². The summed E-state index contributed by atoms with van der Waals surface area (Å²) >= 11 is 0. The standard InChI is InChI=1S/C16H34N2OSi/c1-8-14(13-20(6,7)16(2,3)4)17-18-11-9-10-15(18)12-19-5/h15H,8-13H2,1-7H3/b17-14+/t15-/m1/s1. The minimum Gasteiger partial charge on any atom is -0.382 e. The highest BCUT2D eigenvalue weighted by atomic mass is 28.3. The zero-order valence-corrected chi connectivity index (χ0v) is 15.6. The van der Waals surface area contributed by atoms with Gasteiger partial charge in [-0.3, -0.25) is 5.01 Å². The van der Waals surface area contributed by atoms with Crippen LogP contribution in [-0.2, 0) is 4.74 Å². The van der Waals surface area contributed by atoms with Crippen molar-refractivity contribution in [1.82, 2.24) is 5.01 Å². The minimum atomic E-state index is -1.29. The molecule has 1 aliphatic rings. The zero-order chi connectivity index (χ0) is 15.4. The highest BCUT2D eigenvalue weighted by molar-refractivity contribution is 6.82. The summed E-state index contributed by atoms with van der Waals surface area (Å²) in [5.41, 5.74) is 1.39. The second kappa shape index (κ2) is 7.08. The van der Waals surface area contributed by atoms with Gasteiger partial charge in [0.15, 0.2) is 0 Å². The number of ether oxygens (including phenoxy) is 1. The molecule has 0 N–H and O–H groups in total. The Hall–Kier alpha value is -0.353. The molecular formula is C16H34N2OSi. The Balaban J connectivity index is 2.77. The number of methoxy groups -OCH3 is 1. The first-order valence-corrected chi connectivity index (χ1v) is 11.2. The predicted molar refractivity (Wildman–Crippen MR) is 91.3 cm³/mol. The van der Waals surface area contributed by atoms with Gasteiger partial charge in [0.25, 0.3) is 0 Å². The molecule has 0 aromatic heterocycles. The SMILES string of the molecule is CC/C(C[Si](C)(C)C(C)(C)C)=N\N1CCC[C@@H]1COC. The van der Waals surface area contributed by atoms with Crippen LogP contribution in [0.1, 0.15) is 47.0 Å². The number of hydrogen-bond donors (Lipinski definition) is 0. The molecule has 1 fully saturated rings. The second-order valence-electron chi connectivity index (χ2n) is 7.74. The van der Waals surface area contributed by atoms with Crippen molar-refractivity contribution < 1.29 is 4.74 Å². The summed E-state index contributed by atoms with van der Waals surface area (Å²) in [7, 11) is 0.498. The third-order valence-electron chi connectivity index (χ3n) is 5.06. The van der Waals surface area contributed by atoms with Crippen molar-refractivity contribution in [3.63, 3.8) is 0 Å². The largest absolute Gasteiger partial charge is 0.382 e. The van der Waals surface area contributed by atoms with Gasteiger partial charge in [-0.05, 0) is 30.3 Å². The minimum absolute atomic E-state index is 0.430. The summed E-state index contributed by atoms with van der Waals surface area (Å²) in [6.45, 7) is 16.3. The van der Waals surface area contributed by atoms with Crippen LogP contribution in [0, 0.1) is 0 Å². The number of hydrogen-bond acceptors (Lipinski definition) is 3. The van der Waals surface area contributed by atoms with E-state index in [4.69, 9.17) is 9.84 Å². The average Bonchev–Trinajstić information content (AvgIpc) is 2.74. The van der Waals surface area contributed by atoms with Gasteiger partial charge in [0, 0.05) is 19.4 Å². The molecule has 4 heteroatoms. The number of rotatable bonds is 6. The third-order valence-corrected chi connectivity index (χ3v) is 10.4. The molecule has 0 spiro atoms. The fraction of sp³-hybridized carbons (Fsp3) is 0.938. The highest BCUT2D eigenvalue weighted by Crippen LogP contribution is 2.39. The van der Waals surface area contributed by atoms with E-state index in [0.717, 1.165) is 19.6 Å². The summed E-state index contributed by atoms with van der Waals surface area (Å²) in [5.74, 6) is 0. The lowest BCUT2D eigenvalue weighted by Gasteiger charge is -2.37. The summed E-state index contributed by atoms with van der Waals surface area (Å²) < 4.78 is 5.32. The molecule has 0 aliphatic carbocycles. The summed E-state index contributed by atoms with van der Waals surface area (Å²) in [6, 6.07) is 1.70. The molecule has 1 heterocycles. The van der Waals surface area contributed by atoms with E-state index in [-0.39, 0.29) is 0 Å². The molecule has 0 aromatic rings. The van der Waals surface area contributed by atoms with Crippen molar-refractivity contribution in [2.75, 3.05) is 20.3 Å². The molecule has 0 unspecified atom stereocenters. The molecule has 0 aromatic carbocycles. The van der Waals surface area contributed by atoms with Gasteiger partial charge in [-0.15, -0.1) is 0 Å². The third kappa shape index (κ3) is 4.59. The van der Waals surface area contributed by atoms with Gasteiger partial charge in [0.1, 0.15) is 0 Å². The van der Waals surface area contributed by atoms with Crippen molar-refractivity contribution in [2.45, 2.75) is 77.2 Å². The molecule has 1 atom stereocenters. The van der Waals surface area contributed by atoms with Crippen LogP contribution >= 0.6 is 0 Å². The van der Waals surface area contributed by atoms with Crippen LogP contribution in [0.15, 0.2) is 5.10 Å². The number of hydrazone groups is 1. The Bertz CT molecular complexity index is 334. The van der Waals surface area contributed by atoms with Gasteiger partial charge < -0.3 is 4.74 Å². The van der Waals surface area contributed by atoms with E-state index >= 15 is 0 Å². The van der Waals surface area contributed by atoms with Crippen LogP contribution in [0.5, 0.6) is 0 Å². The zero-order valence-electron chi connectivity index (χ0n) is 14.6. The van der Waals surface area contributed by atoms with Crippen molar-refractivity contribution in [3.8, 4) is 0 Å². The van der Waals surface area contributed by atoms with Gasteiger partial charge in [0.2, 0.25) is 0 Å². The molecule has 3 nitrogen and oxygen atoms in total. The Kier molecular flexibility index (Phi) is 6.26. The summed E-state index contributed by atoms with van der Waals surface area (Å²) in [5, 5.41) is 7.72. The molecular weight excluding hydrogens is 264 g/mol. The smallest absolute Gasteiger partial charge is 0.0704 e. The molecule has 1 aliphatic heterocycles. The van der Waals surface area contributed by atoms with Crippen LogP contribution < -0.4 is 0 Å². The maximum absolute atomic E-state index is 5.32. The summed E-state index contributed by atoms with van der Waals surface area (Å²) in [6.07, 6.45) is 3.53. The van der Waals surface area contributed by atoms with Crippen molar-refractivity contribution in [1.29, 1.82) is 0 Å². The maximum atomic E-state index is 5.32. The van der Waals surface area contributed by atoms with Crippen LogP contribution in [0.2, 0.25) is 24.2 Å². The molecule has 0 bridgehead atoms. The maximum Gasteiger partial charge on any atom is 0.0704 e. The van der Waals surface area contributed by atoms with Crippen molar-refractivity contribution in [3.05, 3.63) is 0 Å². The van der Waals surface area contributed by atoms with Crippen LogP contribution in [-0.4, -0.2) is 45.1 Å². The molecule has 1 rings (SSSR count). The normalized spacial score (nSPS) is 21.6. The van der Waals surface area contributed by atoms with Crippen molar-refractivity contribution in [2.24, 2.45) is 5.10 Å². The lowest BCUT2D eigenvalue weighted by Crippen LogP contribution is -2.39. The van der Waals surface area contributed by atoms with E-state index < -0.39 is 8.07 Å². The highest BCUT2D eigenvalue weighted by Gasteiger charge is 2.36. The van der Waals surface area contributed by atoms with Gasteiger partial charge in [-0.2, -0.15) is 5.10 Å². The first kappa shape index (κ1) is 17.7. The quantitative estimate of drug-likeness (QED) is 0.537. The first-order chi connectivity index (χ1) is 9.21. The molecule has 1 saturated heterocycles. The predicted octanol–water partition coefficient (Wildman–Crippen LogP) is 4.37. The van der Waals surface area contributed by atoms with E-state index in [2.05, 4.69) is 45.8 Å². The first-order valence-electron chi connectivity index (χ1n) is 8.03. The van der Waals surface area contributed by atoms with E-state index in [1.165, 1.54) is 24.6 Å². The van der Waals surface area contributed by atoms with Gasteiger partial charge >= 0.3 is 0 Å².